The average Bonchev–Trinajstić information content (AvgIpc) is 2.85. The van der Waals surface area contributed by atoms with Crippen molar-refractivity contribution in [1.82, 2.24) is 4.98 Å². The van der Waals surface area contributed by atoms with Gasteiger partial charge in [-0.25, -0.2) is 8.60 Å². The number of hydrogen-bond acceptors (Lipinski definition) is 4. The van der Waals surface area contributed by atoms with E-state index in [1.165, 1.54) is 12.1 Å². The third-order valence-electron chi connectivity index (χ3n) is 5.51. The van der Waals surface area contributed by atoms with E-state index in [1.807, 2.05) is 30.3 Å². The van der Waals surface area contributed by atoms with E-state index in [0.717, 1.165) is 10.8 Å². The van der Waals surface area contributed by atoms with Gasteiger partial charge in [-0.15, -0.1) is 0 Å². The van der Waals surface area contributed by atoms with Gasteiger partial charge in [0.05, 0.1) is 35.1 Å². The summed E-state index contributed by atoms with van der Waals surface area (Å²) in [6, 6.07) is 18.9. The van der Waals surface area contributed by atoms with E-state index in [2.05, 4.69) is 10.3 Å². The zero-order valence-electron chi connectivity index (χ0n) is 17.8. The highest BCUT2D eigenvalue weighted by molar-refractivity contribution is 7.86. The second kappa shape index (κ2) is 9.50. The van der Waals surface area contributed by atoms with Crippen molar-refractivity contribution in [2.75, 3.05) is 28.7 Å². The van der Waals surface area contributed by atoms with Crippen LogP contribution in [0.15, 0.2) is 72.9 Å². The summed E-state index contributed by atoms with van der Waals surface area (Å²) in [4.78, 5) is 17.3. The van der Waals surface area contributed by atoms with E-state index in [-0.39, 0.29) is 11.5 Å². The van der Waals surface area contributed by atoms with Gasteiger partial charge in [-0.2, -0.15) is 0 Å². The Labute approximate surface area is 202 Å². The topological polar surface area (TPSA) is 71.5 Å². The number of aromatic nitrogens is 1. The number of halogens is 2. The van der Waals surface area contributed by atoms with Gasteiger partial charge < -0.3 is 10.1 Å². The molecular weight excluding hydrogens is 477 g/mol. The van der Waals surface area contributed by atoms with Crippen LogP contribution >= 0.6 is 11.6 Å². The van der Waals surface area contributed by atoms with Crippen LogP contribution in [0.25, 0.3) is 22.0 Å². The lowest BCUT2D eigenvalue weighted by atomic mass is 10.0. The largest absolute Gasteiger partial charge is 0.364 e. The highest BCUT2D eigenvalue weighted by Gasteiger charge is 2.21. The van der Waals surface area contributed by atoms with Crippen LogP contribution in [-0.2, 0) is 15.7 Å². The molecule has 1 amide bonds. The molecule has 9 heteroatoms. The van der Waals surface area contributed by atoms with E-state index >= 15 is 0 Å². The number of benzene rings is 3. The molecule has 0 aliphatic carbocycles. The van der Waals surface area contributed by atoms with Gasteiger partial charge >= 0.3 is 0 Å². The van der Waals surface area contributed by atoms with Crippen LogP contribution in [0, 0.1) is 5.82 Å². The van der Waals surface area contributed by atoms with Crippen LogP contribution in [0.3, 0.4) is 0 Å². The molecule has 0 radical (unpaired) electrons. The van der Waals surface area contributed by atoms with Crippen LogP contribution < -0.4 is 9.62 Å². The maximum Gasteiger partial charge on any atom is 0.258 e. The van der Waals surface area contributed by atoms with Gasteiger partial charge in [0.25, 0.3) is 5.91 Å². The van der Waals surface area contributed by atoms with Gasteiger partial charge in [0.2, 0.25) is 0 Å². The van der Waals surface area contributed by atoms with Crippen molar-refractivity contribution >= 4 is 50.6 Å². The number of rotatable bonds is 4. The van der Waals surface area contributed by atoms with Crippen molar-refractivity contribution in [3.8, 4) is 11.3 Å². The van der Waals surface area contributed by atoms with Crippen LogP contribution in [0.2, 0.25) is 5.02 Å². The Bertz CT molecular complexity index is 1430. The fourth-order valence-electron chi connectivity index (χ4n) is 3.85. The molecule has 1 atom stereocenters. The molecule has 172 valence electrons. The molecule has 0 saturated carbocycles. The molecule has 34 heavy (non-hydrogen) atoms. The molecule has 1 aromatic heterocycles. The number of carbonyl (C=O) groups is 1. The lowest BCUT2D eigenvalue weighted by Crippen LogP contribution is -2.37. The average molecular weight is 496 g/mol. The third-order valence-corrected chi connectivity index (χ3v) is 7.09. The third kappa shape index (κ3) is 4.40. The van der Waals surface area contributed by atoms with Gasteiger partial charge in [0.1, 0.15) is 22.7 Å². The normalized spacial score (nSPS) is 15.9. The van der Waals surface area contributed by atoms with Crippen molar-refractivity contribution < 1.29 is 18.1 Å². The first kappa shape index (κ1) is 22.5. The fourth-order valence-corrected chi connectivity index (χ4v) is 5.07. The molecule has 3 aromatic carbocycles. The van der Waals surface area contributed by atoms with Crippen molar-refractivity contribution in [3.05, 3.63) is 89.3 Å². The number of fused-ring (bicyclic) bond motifs is 1. The molecule has 1 unspecified atom stereocenters. The summed E-state index contributed by atoms with van der Waals surface area (Å²) in [6.07, 6.45) is 1.71. The molecule has 1 fully saturated rings. The molecule has 2 heterocycles. The predicted octanol–water partition coefficient (Wildman–Crippen LogP) is 5.40. The van der Waals surface area contributed by atoms with Gasteiger partial charge in [-0.3, -0.25) is 14.1 Å². The van der Waals surface area contributed by atoms with Crippen LogP contribution in [0.1, 0.15) is 10.4 Å². The molecule has 0 bridgehead atoms. The smallest absolute Gasteiger partial charge is 0.258 e. The van der Waals surface area contributed by atoms with E-state index in [0.29, 0.717) is 40.8 Å². The minimum Gasteiger partial charge on any atom is -0.364 e. The van der Waals surface area contributed by atoms with Gasteiger partial charge in [-0.05, 0) is 47.9 Å². The van der Waals surface area contributed by atoms with Crippen molar-refractivity contribution in [1.29, 1.82) is 0 Å². The molecule has 6 nitrogen and oxygen atoms in total. The number of pyridine rings is 1. The van der Waals surface area contributed by atoms with Gasteiger partial charge in [0, 0.05) is 22.8 Å². The lowest BCUT2D eigenvalue weighted by Gasteiger charge is -2.27. The first-order valence-corrected chi connectivity index (χ1v) is 12.1. The summed E-state index contributed by atoms with van der Waals surface area (Å²) in [5.41, 5.74) is 2.11. The summed E-state index contributed by atoms with van der Waals surface area (Å²) in [5.74, 6) is -1.25. The van der Waals surface area contributed by atoms with Crippen LogP contribution in [0.4, 0.5) is 15.8 Å². The summed E-state index contributed by atoms with van der Waals surface area (Å²) in [5, 5.41) is 5.16. The highest BCUT2D eigenvalue weighted by atomic mass is 35.5. The molecule has 5 rings (SSSR count). The summed E-state index contributed by atoms with van der Waals surface area (Å²) >= 11 is 6.46. The minimum absolute atomic E-state index is 0.0638. The molecule has 1 aliphatic heterocycles. The van der Waals surface area contributed by atoms with Crippen LogP contribution in [-0.4, -0.2) is 34.2 Å². The quantitative estimate of drug-likeness (QED) is 0.411. The van der Waals surface area contributed by atoms with Crippen molar-refractivity contribution in [2.24, 2.45) is 0 Å². The molecule has 1 N–H and O–H groups in total. The fraction of sp³-hybridized carbons (Fsp3) is 0.120. The molecule has 4 aromatic rings. The number of nitrogens with one attached hydrogen (secondary N) is 1. The SMILES string of the molecule is O=C(Nc1ccc(Cl)c(-c2nccc3ccccc23)c1)c1ccc(N2CCOCS2=O)cc1F. The Balaban J connectivity index is 1.42. The second-order valence-electron chi connectivity index (χ2n) is 7.64. The van der Waals surface area contributed by atoms with Crippen molar-refractivity contribution in [2.45, 2.75) is 0 Å². The number of carbonyl (C=O) groups excluding carboxylic acids is 1. The van der Waals surface area contributed by atoms with Crippen LogP contribution in [0.5, 0.6) is 0 Å². The highest BCUT2D eigenvalue weighted by Crippen LogP contribution is 2.34. The minimum atomic E-state index is -1.39. The number of amides is 1. The number of anilines is 2. The maximum absolute atomic E-state index is 14.8. The predicted molar refractivity (Wildman–Crippen MR) is 133 cm³/mol. The Kier molecular flexibility index (Phi) is 6.28. The van der Waals surface area contributed by atoms with E-state index in [4.69, 9.17) is 16.3 Å². The Morgan fingerprint density at radius 1 is 1.12 bits per heavy atom. The zero-order valence-corrected chi connectivity index (χ0v) is 19.4. The first-order valence-electron chi connectivity index (χ1n) is 10.5. The lowest BCUT2D eigenvalue weighted by molar-refractivity contribution is 0.102. The number of ether oxygens (including phenoxy) is 1. The number of nitrogens with zero attached hydrogens (tertiary/aromatic N) is 2. The van der Waals surface area contributed by atoms with Gasteiger partial charge in [-0.1, -0.05) is 35.9 Å². The maximum atomic E-state index is 14.8. The standard InChI is InChI=1S/C25H19ClFN3O3S/c26-22-8-5-17(13-21(22)24-19-4-2-1-3-16(19)9-10-28-24)29-25(31)20-7-6-18(14-23(20)27)30-11-12-33-15-34(30)32/h1-10,13-14H,11-12,15H2,(H,29,31). The van der Waals surface area contributed by atoms with Crippen molar-refractivity contribution in [3.63, 3.8) is 0 Å². The van der Waals surface area contributed by atoms with Gasteiger partial charge in [0.15, 0.2) is 0 Å². The first-order chi connectivity index (χ1) is 16.5. The summed E-state index contributed by atoms with van der Waals surface area (Å²) in [6.45, 7) is 0.785. The summed E-state index contributed by atoms with van der Waals surface area (Å²) in [7, 11) is -1.39. The summed E-state index contributed by atoms with van der Waals surface area (Å²) < 4.78 is 33.6. The van der Waals surface area contributed by atoms with E-state index in [1.54, 1.807) is 34.8 Å². The molecule has 1 saturated heterocycles. The molecule has 0 spiro atoms. The second-order valence-corrected chi connectivity index (χ2v) is 9.37. The Hall–Kier alpha value is -3.33. The molecular formula is C25H19ClFN3O3S. The zero-order chi connectivity index (χ0) is 23.7. The monoisotopic (exact) mass is 495 g/mol. The molecule has 1 aliphatic rings. The Morgan fingerprint density at radius 3 is 2.79 bits per heavy atom. The Morgan fingerprint density at radius 2 is 1.97 bits per heavy atom. The number of hydrogen-bond donors (Lipinski definition) is 1. The van der Waals surface area contributed by atoms with E-state index < -0.39 is 22.7 Å². The van der Waals surface area contributed by atoms with E-state index in [9.17, 15) is 13.4 Å².